The van der Waals surface area contributed by atoms with Crippen LogP contribution in [0.1, 0.15) is 149 Å². The van der Waals surface area contributed by atoms with Crippen molar-refractivity contribution in [3.8, 4) is 18.4 Å². The lowest BCUT2D eigenvalue weighted by atomic mass is 9.96. The number of pyridine rings is 1. The second-order valence-corrected chi connectivity index (χ2v) is 30.8. The van der Waals surface area contributed by atoms with E-state index in [1.807, 2.05) is 88.2 Å². The lowest BCUT2D eigenvalue weighted by Gasteiger charge is -2.29. The van der Waals surface area contributed by atoms with Crippen molar-refractivity contribution >= 4 is 135 Å². The second kappa shape index (κ2) is 38.5. The molecule has 10 rings (SSSR count). The van der Waals surface area contributed by atoms with Gasteiger partial charge in [-0.2, -0.15) is 15.0 Å². The number of rotatable bonds is 20. The van der Waals surface area contributed by atoms with Crippen molar-refractivity contribution in [3.05, 3.63) is 167 Å². The van der Waals surface area contributed by atoms with Gasteiger partial charge in [-0.3, -0.25) is 19.2 Å². The average molecular weight is 1620 g/mol. The van der Waals surface area contributed by atoms with Gasteiger partial charge in [0.25, 0.3) is 23.6 Å². The molecule has 2 aliphatic rings. The number of halogens is 3. The molecular formula is C78H100Br3N19O5. The summed E-state index contributed by atoms with van der Waals surface area (Å²) in [7, 11) is 12.6. The van der Waals surface area contributed by atoms with Gasteiger partial charge in [-0.15, -0.1) is 6.42 Å². The molecule has 0 unspecified atom stereocenters. The number of benzene rings is 4. The van der Waals surface area contributed by atoms with Crippen LogP contribution in [0.3, 0.4) is 0 Å². The Bertz CT molecular complexity index is 4370. The molecule has 558 valence electrons. The third-order valence-electron chi connectivity index (χ3n) is 17.0. The molecule has 1 aliphatic carbocycles. The third-order valence-corrected chi connectivity index (χ3v) is 18.9. The first-order valence-electron chi connectivity index (χ1n) is 34.8. The Hall–Kier alpha value is -9.49. The van der Waals surface area contributed by atoms with Crippen molar-refractivity contribution in [1.29, 1.82) is 0 Å². The predicted octanol–water partition coefficient (Wildman–Crippen LogP) is 15.2. The molecule has 0 radical (unpaired) electrons. The number of piperidine rings is 1. The van der Waals surface area contributed by atoms with Crippen LogP contribution < -0.4 is 62.4 Å². The highest BCUT2D eigenvalue weighted by atomic mass is 79.9. The molecule has 1 saturated heterocycles. The number of aryl methyl sites for hydroxylation is 4. The summed E-state index contributed by atoms with van der Waals surface area (Å²) >= 11 is 10.7. The maximum atomic E-state index is 11.9. The molecule has 24 nitrogen and oxygen atoms in total. The molecule has 105 heavy (non-hydrogen) atoms. The summed E-state index contributed by atoms with van der Waals surface area (Å²) in [6.45, 7) is 24.8. The zero-order valence-electron chi connectivity index (χ0n) is 63.3. The van der Waals surface area contributed by atoms with Crippen LogP contribution in [-0.4, -0.2) is 151 Å². The third kappa shape index (κ3) is 24.8. The topological polar surface area (TPSA) is 286 Å². The van der Waals surface area contributed by atoms with E-state index < -0.39 is 0 Å². The number of carbonyl (C=O) groups is 4. The van der Waals surface area contributed by atoms with Gasteiger partial charge in [-0.25, -0.2) is 19.9 Å². The van der Waals surface area contributed by atoms with Crippen LogP contribution in [0.25, 0.3) is 0 Å². The molecule has 1 aliphatic heterocycles. The molecule has 0 spiro atoms. The molecule has 8 aromatic rings. The number of aromatic nitrogens is 7. The fourth-order valence-corrected chi connectivity index (χ4v) is 12.6. The summed E-state index contributed by atoms with van der Waals surface area (Å²) in [5, 5.41) is 27.1. The first-order valence-corrected chi connectivity index (χ1v) is 37.1. The summed E-state index contributed by atoms with van der Waals surface area (Å²) in [6, 6.07) is 24.9. The average Bonchev–Trinajstić information content (AvgIpc) is 0.899. The normalized spacial score (nSPS) is 12.9. The van der Waals surface area contributed by atoms with Gasteiger partial charge in [-0.05, 0) is 196 Å². The highest BCUT2D eigenvalue weighted by Crippen LogP contribution is 2.36. The zero-order valence-corrected chi connectivity index (χ0v) is 68.0. The van der Waals surface area contributed by atoms with E-state index in [0.29, 0.717) is 69.2 Å². The Labute approximate surface area is 643 Å². The minimum atomic E-state index is -0.146. The number of amides is 4. The molecule has 5 heterocycles. The smallest absolute Gasteiger partial charge is 0.318 e. The maximum absolute atomic E-state index is 11.9. The quantitative estimate of drug-likeness (QED) is 0.0321. The molecule has 9 N–H and O–H groups in total. The van der Waals surface area contributed by atoms with Crippen LogP contribution >= 0.6 is 47.8 Å². The van der Waals surface area contributed by atoms with Crippen molar-refractivity contribution in [1.82, 2.24) is 61.1 Å². The molecule has 0 atom stereocenters. The van der Waals surface area contributed by atoms with Gasteiger partial charge in [0, 0.05) is 132 Å². The number of ether oxygens (including phenoxy) is 1. The van der Waals surface area contributed by atoms with E-state index in [9.17, 15) is 19.2 Å². The first kappa shape index (κ1) is 82.8. The Kier molecular flexibility index (Phi) is 30.4. The Morgan fingerprint density at radius 1 is 0.543 bits per heavy atom. The largest absolute Gasteiger partial charge is 0.460 e. The van der Waals surface area contributed by atoms with E-state index in [0.717, 1.165) is 122 Å². The Morgan fingerprint density at radius 3 is 1.41 bits per heavy atom. The van der Waals surface area contributed by atoms with Crippen molar-refractivity contribution < 1.29 is 23.9 Å². The van der Waals surface area contributed by atoms with Crippen LogP contribution in [0, 0.1) is 50.9 Å². The van der Waals surface area contributed by atoms with Crippen LogP contribution in [0.4, 0.5) is 63.6 Å². The minimum absolute atomic E-state index is 0.0948. The van der Waals surface area contributed by atoms with E-state index >= 15 is 0 Å². The number of terminal acetylenes is 1. The number of hydrogen-bond acceptors (Lipinski definition) is 20. The van der Waals surface area contributed by atoms with Crippen molar-refractivity contribution in [2.24, 2.45) is 10.8 Å². The summed E-state index contributed by atoms with van der Waals surface area (Å²) in [4.78, 5) is 85.2. The van der Waals surface area contributed by atoms with E-state index in [4.69, 9.17) is 11.2 Å². The number of carbonyl (C=O) groups excluding carboxylic acids is 4. The molecule has 1 saturated carbocycles. The fourth-order valence-electron chi connectivity index (χ4n) is 11.4. The van der Waals surface area contributed by atoms with Crippen molar-refractivity contribution in [2.45, 2.75) is 120 Å². The molecule has 4 amide bonds. The predicted molar refractivity (Wildman–Crippen MR) is 435 cm³/mol. The maximum Gasteiger partial charge on any atom is 0.318 e. The van der Waals surface area contributed by atoms with E-state index in [1.54, 1.807) is 83.3 Å². The van der Waals surface area contributed by atoms with E-state index in [2.05, 4.69) is 202 Å². The lowest BCUT2D eigenvalue weighted by Crippen LogP contribution is -2.35. The Morgan fingerprint density at radius 2 is 0.962 bits per heavy atom. The van der Waals surface area contributed by atoms with Crippen LogP contribution in [0.2, 0.25) is 0 Å². The fraction of sp³-hybridized carbons (Fsp3) is 0.397. The molecule has 2 fully saturated rings. The molecule has 0 bridgehead atoms. The summed E-state index contributed by atoms with van der Waals surface area (Å²) < 4.78 is 8.37. The molecule has 4 aromatic heterocycles. The van der Waals surface area contributed by atoms with Gasteiger partial charge in [0.1, 0.15) is 23.6 Å². The molecular weight excluding hydrogens is 1520 g/mol. The SMILES string of the molecule is C#Cc1cnc(Nc2cc(C(=O)NC)ccc2C)nc1N(C)CC(C)(C)C.CNC(=O)c1ccc(C)c(Nc2nc(NC3CCCC3)ncc2Br)c1.CNC(=O)c1ccc(C)c(Nc2nc(OC3CCN(C)CC3)ncc2Br)c1.CNC(=O)c1ccc(C)c(Nc2nccc(N(C)CC(C)(C)C)c2Br)c1. The van der Waals surface area contributed by atoms with Gasteiger partial charge in [0.15, 0.2) is 5.82 Å². The number of hydrogen-bond donors (Lipinski definition) is 9. The first-order chi connectivity index (χ1) is 49.8. The highest BCUT2D eigenvalue weighted by Gasteiger charge is 2.24. The van der Waals surface area contributed by atoms with Gasteiger partial charge < -0.3 is 67.3 Å². The monoisotopic (exact) mass is 1620 g/mol. The van der Waals surface area contributed by atoms with Crippen LogP contribution in [-0.2, 0) is 0 Å². The van der Waals surface area contributed by atoms with Gasteiger partial charge in [0.2, 0.25) is 11.9 Å². The number of nitrogens with one attached hydrogen (secondary N) is 9. The standard InChI is InChI=1S/C21H27N5O.C20H27BrN4O.C19H24BrN5O2.C18H22BrN5O/c1-8-15-12-23-20(25-18(15)26(7)13-21(3,4)5)24-17-11-16(19(27)22-6)10-9-14(17)2;1-13-7-8-14(19(26)22-5)11-15(13)24-18-17(21)16(9-10-23-18)25(6)12-20(2,3)4;1-12-4-5-13(18(26)21-2)10-16(12)23-17-15(20)11-22-19(24-17)27-14-6-8-25(3)9-7-14;1-11-7-8-12(17(25)20-2)9-15(11)23-16-14(19)10-21-18(24-16)22-13-5-3-4-6-13/h1,9-12H,13H2,2-7H3,(H,22,27)(H,23,24,25);7-11H,12H2,1-6H3,(H,22,26)(H,23,24);4-5,10-11,14H,6-9H2,1-3H3,(H,21,26)(H,22,23,24);7-10,13H,3-6H2,1-2H3,(H,20,25)(H2,21,22,23,24). The summed E-state index contributed by atoms with van der Waals surface area (Å²) in [6.07, 6.45) is 19.4. The van der Waals surface area contributed by atoms with E-state index in [-0.39, 0.29) is 40.6 Å². The minimum Gasteiger partial charge on any atom is -0.460 e. The second-order valence-electron chi connectivity index (χ2n) is 28.3. The van der Waals surface area contributed by atoms with Crippen LogP contribution in [0.15, 0.2) is 117 Å². The van der Waals surface area contributed by atoms with Crippen molar-refractivity contribution in [2.75, 3.05) is 112 Å². The van der Waals surface area contributed by atoms with Crippen molar-refractivity contribution in [3.63, 3.8) is 0 Å². The lowest BCUT2D eigenvalue weighted by molar-refractivity contribution is 0.0955. The van der Waals surface area contributed by atoms with Gasteiger partial charge in [-0.1, -0.05) is 84.6 Å². The van der Waals surface area contributed by atoms with E-state index in [1.165, 1.54) is 12.8 Å². The molecule has 4 aromatic carbocycles. The highest BCUT2D eigenvalue weighted by molar-refractivity contribution is 9.11. The number of likely N-dealkylation sites (tertiary alicyclic amines) is 1. The molecule has 27 heteroatoms. The van der Waals surface area contributed by atoms with Gasteiger partial charge in [0.05, 0.1) is 37.1 Å². The summed E-state index contributed by atoms with van der Waals surface area (Å²) in [5.74, 6) is 5.89. The zero-order chi connectivity index (χ0) is 76.9. The van der Waals surface area contributed by atoms with Gasteiger partial charge >= 0.3 is 6.01 Å². The summed E-state index contributed by atoms with van der Waals surface area (Å²) in [5.41, 5.74) is 11.7. The number of anilines is 11. The number of nitrogens with zero attached hydrogens (tertiary/aromatic N) is 10. The van der Waals surface area contributed by atoms with Crippen LogP contribution in [0.5, 0.6) is 6.01 Å². The Balaban J connectivity index is 0.000000196.